The molecule has 2 rings (SSSR count). The Morgan fingerprint density at radius 2 is 1.93 bits per heavy atom. The molecule has 0 amide bonds. The molecule has 6 nitrogen and oxygen atoms in total. The zero-order valence-electron chi connectivity index (χ0n) is 14.2. The number of hydrogen-bond acceptors (Lipinski definition) is 6. The molecule has 0 spiro atoms. The highest BCUT2D eigenvalue weighted by Crippen LogP contribution is 2.42. The molecule has 0 fully saturated rings. The molecule has 0 N–H and O–H groups in total. The van der Waals surface area contributed by atoms with Crippen LogP contribution in [0.2, 0.25) is 0 Å². The number of oxime groups is 1. The maximum atomic E-state index is 13.4. The number of hydrogen-bond donors (Lipinski definition) is 0. The molecule has 12 heteroatoms. The van der Waals surface area contributed by atoms with E-state index in [1.54, 1.807) is 0 Å². The smallest absolute Gasteiger partial charge is 0.475 e. The number of alkyl halides is 6. The molecule has 0 bridgehead atoms. The number of carbonyl (C=O) groups is 1. The highest BCUT2D eigenvalue weighted by atomic mass is 19.4. The van der Waals surface area contributed by atoms with E-state index in [0.717, 1.165) is 18.2 Å². The second-order valence-corrected chi connectivity index (χ2v) is 5.35. The topological polar surface area (TPSA) is 66.4 Å². The van der Waals surface area contributed by atoms with Crippen LogP contribution in [0.5, 0.6) is 11.5 Å². The molecule has 1 aromatic carbocycles. The molecule has 0 aliphatic carbocycles. The summed E-state index contributed by atoms with van der Waals surface area (Å²) in [7, 11) is 0. The number of nitrogens with zero attached hydrogens (tertiary/aromatic N) is 1. The van der Waals surface area contributed by atoms with E-state index in [2.05, 4.69) is 26.2 Å². The Kier molecular flexibility index (Phi) is 6.10. The van der Waals surface area contributed by atoms with Gasteiger partial charge in [-0.05, 0) is 30.2 Å². The summed E-state index contributed by atoms with van der Waals surface area (Å²) < 4.78 is 90.8. The average Bonchev–Trinajstić information content (AvgIpc) is 2.57. The van der Waals surface area contributed by atoms with E-state index in [1.165, 1.54) is 6.92 Å². The number of halogens is 6. The van der Waals surface area contributed by atoms with E-state index in [-0.39, 0.29) is 23.3 Å². The maximum absolute atomic E-state index is 13.4. The Balaban J connectivity index is 2.51. The molecule has 0 saturated heterocycles. The molecule has 1 aliphatic rings. The normalized spacial score (nSPS) is 16.4. The molecule has 28 heavy (non-hydrogen) atoms. The Labute approximate surface area is 154 Å². The van der Waals surface area contributed by atoms with Gasteiger partial charge in [-0.1, -0.05) is 12.1 Å². The summed E-state index contributed by atoms with van der Waals surface area (Å²) in [4.78, 5) is 16.3. The van der Waals surface area contributed by atoms with Crippen LogP contribution in [0.25, 0.3) is 6.08 Å². The average molecular weight is 413 g/mol. The lowest BCUT2D eigenvalue weighted by molar-refractivity contribution is -0.274. The Morgan fingerprint density at radius 1 is 1.25 bits per heavy atom. The van der Waals surface area contributed by atoms with Crippen LogP contribution in [-0.4, -0.2) is 38.1 Å². The van der Waals surface area contributed by atoms with Gasteiger partial charge in [-0.2, -0.15) is 13.2 Å². The number of carbonyl (C=O) groups excluding carboxylic acids is 1. The number of benzene rings is 1. The SMILES string of the molecule is C=NOCOC(=O)C1=Cc2cc(OC(F)(F)F)cc(CC)c2O[C@@H]1C(F)(F)F. The minimum atomic E-state index is -5.01. The van der Waals surface area contributed by atoms with Crippen molar-refractivity contribution in [3.05, 3.63) is 28.8 Å². The van der Waals surface area contributed by atoms with Gasteiger partial charge in [0.15, 0.2) is 0 Å². The fourth-order valence-corrected chi connectivity index (χ4v) is 2.42. The molecular weight excluding hydrogens is 400 g/mol. The summed E-state index contributed by atoms with van der Waals surface area (Å²) in [5, 5.41) is 2.90. The number of esters is 1. The minimum absolute atomic E-state index is 0.0360. The lowest BCUT2D eigenvalue weighted by Crippen LogP contribution is -2.41. The van der Waals surface area contributed by atoms with Crippen molar-refractivity contribution in [3.63, 3.8) is 0 Å². The van der Waals surface area contributed by atoms with Crippen molar-refractivity contribution in [2.24, 2.45) is 5.16 Å². The third kappa shape index (κ3) is 5.08. The van der Waals surface area contributed by atoms with Gasteiger partial charge in [-0.25, -0.2) is 4.79 Å². The van der Waals surface area contributed by atoms with E-state index >= 15 is 0 Å². The molecule has 0 unspecified atom stereocenters. The van der Waals surface area contributed by atoms with Gasteiger partial charge in [0, 0.05) is 12.3 Å². The van der Waals surface area contributed by atoms with E-state index in [4.69, 9.17) is 4.74 Å². The molecular formula is C16H13F6NO5. The van der Waals surface area contributed by atoms with Crippen LogP contribution in [-0.2, 0) is 20.8 Å². The van der Waals surface area contributed by atoms with Gasteiger partial charge in [-0.15, -0.1) is 13.2 Å². The van der Waals surface area contributed by atoms with Crippen molar-refractivity contribution in [2.45, 2.75) is 32.0 Å². The number of ether oxygens (including phenoxy) is 3. The highest BCUT2D eigenvalue weighted by molar-refractivity contribution is 5.96. The Morgan fingerprint density at radius 3 is 2.46 bits per heavy atom. The maximum Gasteiger partial charge on any atom is 0.573 e. The fraction of sp³-hybridized carbons (Fsp3) is 0.375. The predicted molar refractivity (Wildman–Crippen MR) is 82.5 cm³/mol. The Hall–Kier alpha value is -2.92. The van der Waals surface area contributed by atoms with Crippen molar-refractivity contribution in [1.29, 1.82) is 0 Å². The monoisotopic (exact) mass is 413 g/mol. The fourth-order valence-electron chi connectivity index (χ4n) is 2.42. The van der Waals surface area contributed by atoms with Crippen molar-refractivity contribution >= 4 is 18.8 Å². The summed E-state index contributed by atoms with van der Waals surface area (Å²) in [6, 6.07) is 1.73. The second-order valence-electron chi connectivity index (χ2n) is 5.35. The van der Waals surface area contributed by atoms with Crippen LogP contribution in [0.1, 0.15) is 18.1 Å². The first kappa shape index (κ1) is 21.4. The van der Waals surface area contributed by atoms with Crippen LogP contribution >= 0.6 is 0 Å². The molecule has 0 saturated carbocycles. The quantitative estimate of drug-likeness (QED) is 0.176. The van der Waals surface area contributed by atoms with Gasteiger partial charge in [0.2, 0.25) is 6.10 Å². The van der Waals surface area contributed by atoms with Gasteiger partial charge >= 0.3 is 18.5 Å². The van der Waals surface area contributed by atoms with Crippen molar-refractivity contribution < 1.29 is 50.2 Å². The van der Waals surface area contributed by atoms with Gasteiger partial charge in [0.05, 0.1) is 5.57 Å². The van der Waals surface area contributed by atoms with Crippen LogP contribution in [0, 0.1) is 0 Å². The lowest BCUT2D eigenvalue weighted by atomic mass is 9.97. The number of rotatable bonds is 6. The molecule has 1 aliphatic heterocycles. The zero-order chi connectivity index (χ0) is 21.1. The van der Waals surface area contributed by atoms with E-state index in [0.29, 0.717) is 0 Å². The first-order valence-corrected chi connectivity index (χ1v) is 7.59. The van der Waals surface area contributed by atoms with Crippen molar-refractivity contribution in [2.75, 3.05) is 6.79 Å². The summed E-state index contributed by atoms with van der Waals surface area (Å²) in [6.07, 6.45) is -11.9. The minimum Gasteiger partial charge on any atom is -0.475 e. The van der Waals surface area contributed by atoms with Crippen LogP contribution in [0.15, 0.2) is 22.9 Å². The largest absolute Gasteiger partial charge is 0.573 e. The summed E-state index contributed by atoms with van der Waals surface area (Å²) in [5.41, 5.74) is -1.14. The van der Waals surface area contributed by atoms with Crippen LogP contribution < -0.4 is 9.47 Å². The second kappa shape index (κ2) is 7.98. The predicted octanol–water partition coefficient (Wildman–Crippen LogP) is 3.99. The van der Waals surface area contributed by atoms with E-state index < -0.39 is 42.7 Å². The number of fused-ring (bicyclic) bond motifs is 1. The molecule has 154 valence electrons. The summed E-state index contributed by atoms with van der Waals surface area (Å²) in [6.45, 7) is 3.62. The lowest BCUT2D eigenvalue weighted by Gasteiger charge is -2.29. The van der Waals surface area contributed by atoms with Crippen LogP contribution in [0.3, 0.4) is 0 Å². The molecule has 1 atom stereocenters. The molecule has 1 heterocycles. The molecule has 1 aromatic rings. The van der Waals surface area contributed by atoms with Gasteiger partial charge in [-0.3, -0.25) is 0 Å². The highest BCUT2D eigenvalue weighted by Gasteiger charge is 2.49. The van der Waals surface area contributed by atoms with Gasteiger partial charge < -0.3 is 19.0 Å². The Bertz CT molecular complexity index is 787. The zero-order valence-corrected chi connectivity index (χ0v) is 14.2. The summed E-state index contributed by atoms with van der Waals surface area (Å²) >= 11 is 0. The third-order valence-corrected chi connectivity index (χ3v) is 3.48. The van der Waals surface area contributed by atoms with Crippen molar-refractivity contribution in [3.8, 4) is 11.5 Å². The first-order valence-electron chi connectivity index (χ1n) is 7.59. The number of aryl methyl sites for hydroxylation is 1. The van der Waals surface area contributed by atoms with E-state index in [1.807, 2.05) is 0 Å². The van der Waals surface area contributed by atoms with Gasteiger partial charge in [0.25, 0.3) is 6.79 Å². The first-order chi connectivity index (χ1) is 13.0. The van der Waals surface area contributed by atoms with Crippen LogP contribution in [0.4, 0.5) is 26.3 Å². The van der Waals surface area contributed by atoms with Crippen molar-refractivity contribution in [1.82, 2.24) is 0 Å². The van der Waals surface area contributed by atoms with E-state index in [9.17, 15) is 31.1 Å². The standard InChI is InChI=1S/C16H13F6NO5/c1-3-8-4-10(28-16(20,21)22)5-9-6-11(14(24)25-7-26-23-2)13(15(17,18)19)27-12(8)9/h4-6,13H,2-3,7H2,1H3/t13-/m0/s1. The molecule has 0 aromatic heterocycles. The molecule has 0 radical (unpaired) electrons. The third-order valence-electron chi connectivity index (χ3n) is 3.48. The summed E-state index contributed by atoms with van der Waals surface area (Å²) in [5.74, 6) is -2.42. The van der Waals surface area contributed by atoms with Gasteiger partial charge in [0.1, 0.15) is 11.5 Å².